The van der Waals surface area contributed by atoms with Gasteiger partial charge in [0.2, 0.25) is 0 Å². The molecule has 1 atom stereocenters. The summed E-state index contributed by atoms with van der Waals surface area (Å²) in [6.07, 6.45) is 2.21. The topological polar surface area (TPSA) is 35.5 Å². The van der Waals surface area contributed by atoms with Crippen LogP contribution in [0.2, 0.25) is 0 Å². The number of carbonyl (C=O) groups excluding carboxylic acids is 1. The van der Waals surface area contributed by atoms with Gasteiger partial charge in [0.15, 0.2) is 0 Å². The predicted molar refractivity (Wildman–Crippen MR) is 51.6 cm³/mol. The van der Waals surface area contributed by atoms with Crippen LogP contribution in [-0.2, 0) is 14.3 Å². The molecule has 0 aliphatic rings. The van der Waals surface area contributed by atoms with Crippen LogP contribution in [0.1, 0.15) is 40.0 Å². The number of ether oxygens (including phenoxy) is 2. The van der Waals surface area contributed by atoms with Gasteiger partial charge in [-0.2, -0.15) is 0 Å². The smallest absolute Gasteiger partial charge is 0.306 e. The Labute approximate surface area is 80.4 Å². The van der Waals surface area contributed by atoms with Crippen molar-refractivity contribution >= 4 is 5.97 Å². The summed E-state index contributed by atoms with van der Waals surface area (Å²) in [6, 6.07) is 0. The predicted octanol–water partition coefficient (Wildman–Crippen LogP) is 2.14. The van der Waals surface area contributed by atoms with Gasteiger partial charge in [-0.05, 0) is 19.8 Å². The van der Waals surface area contributed by atoms with Crippen LogP contribution in [-0.4, -0.2) is 25.3 Å². The van der Waals surface area contributed by atoms with Crippen molar-refractivity contribution in [3.8, 4) is 0 Å². The van der Waals surface area contributed by atoms with Gasteiger partial charge in [-0.25, -0.2) is 0 Å². The van der Waals surface area contributed by atoms with E-state index in [0.29, 0.717) is 13.0 Å². The Hall–Kier alpha value is -0.570. The largest absolute Gasteiger partial charge is 0.460 e. The second-order valence-electron chi connectivity index (χ2n) is 3.13. The minimum Gasteiger partial charge on any atom is -0.460 e. The Kier molecular flexibility index (Phi) is 7.69. The van der Waals surface area contributed by atoms with Crippen molar-refractivity contribution in [2.75, 3.05) is 13.2 Å². The van der Waals surface area contributed by atoms with E-state index < -0.39 is 0 Å². The molecular formula is C10H20O3. The van der Waals surface area contributed by atoms with E-state index >= 15 is 0 Å². The van der Waals surface area contributed by atoms with Gasteiger partial charge < -0.3 is 9.47 Å². The number of rotatable bonds is 7. The lowest BCUT2D eigenvalue weighted by molar-refractivity contribution is -0.151. The summed E-state index contributed by atoms with van der Waals surface area (Å²) in [5.74, 6) is -0.130. The molecule has 0 rings (SSSR count). The number of esters is 1. The summed E-state index contributed by atoms with van der Waals surface area (Å²) >= 11 is 0. The normalized spacial score (nSPS) is 12.5. The zero-order chi connectivity index (χ0) is 10.1. The molecule has 0 amide bonds. The standard InChI is InChI=1S/C10H20O3/c1-4-6-10(11)13-9(3)8-12-7-5-2/h9H,4-8H2,1-3H3. The summed E-state index contributed by atoms with van der Waals surface area (Å²) in [7, 11) is 0. The first kappa shape index (κ1) is 12.4. The molecule has 0 aromatic heterocycles. The molecule has 0 bridgehead atoms. The molecule has 0 aliphatic carbocycles. The molecule has 0 fully saturated rings. The maximum absolute atomic E-state index is 11.0. The van der Waals surface area contributed by atoms with Crippen LogP contribution >= 0.6 is 0 Å². The van der Waals surface area contributed by atoms with Crippen molar-refractivity contribution in [1.29, 1.82) is 0 Å². The van der Waals surface area contributed by atoms with Crippen LogP contribution in [0.3, 0.4) is 0 Å². The second kappa shape index (κ2) is 8.05. The van der Waals surface area contributed by atoms with Gasteiger partial charge in [-0.15, -0.1) is 0 Å². The molecule has 3 nitrogen and oxygen atoms in total. The van der Waals surface area contributed by atoms with Crippen molar-refractivity contribution in [2.45, 2.75) is 46.1 Å². The summed E-state index contributed by atoms with van der Waals surface area (Å²) in [5, 5.41) is 0. The quantitative estimate of drug-likeness (QED) is 0.453. The molecule has 0 saturated carbocycles. The Balaban J connectivity index is 3.38. The molecule has 3 heteroatoms. The van der Waals surface area contributed by atoms with Crippen molar-refractivity contribution < 1.29 is 14.3 Å². The van der Waals surface area contributed by atoms with E-state index in [9.17, 15) is 4.79 Å². The zero-order valence-corrected chi connectivity index (χ0v) is 8.84. The van der Waals surface area contributed by atoms with Gasteiger partial charge >= 0.3 is 5.97 Å². The molecule has 0 spiro atoms. The second-order valence-corrected chi connectivity index (χ2v) is 3.13. The number of carbonyl (C=O) groups is 1. The Morgan fingerprint density at radius 3 is 2.54 bits per heavy atom. The fourth-order valence-electron chi connectivity index (χ4n) is 0.915. The Morgan fingerprint density at radius 1 is 1.31 bits per heavy atom. The molecule has 0 aromatic carbocycles. The minimum absolute atomic E-state index is 0.120. The zero-order valence-electron chi connectivity index (χ0n) is 8.84. The number of hydrogen-bond donors (Lipinski definition) is 0. The first-order chi connectivity index (χ1) is 6.20. The van der Waals surface area contributed by atoms with Crippen LogP contribution in [0.5, 0.6) is 0 Å². The van der Waals surface area contributed by atoms with E-state index in [1.54, 1.807) is 0 Å². The van der Waals surface area contributed by atoms with E-state index in [-0.39, 0.29) is 12.1 Å². The van der Waals surface area contributed by atoms with Crippen molar-refractivity contribution in [3.63, 3.8) is 0 Å². The summed E-state index contributed by atoms with van der Waals surface area (Å²) < 4.78 is 10.3. The van der Waals surface area contributed by atoms with Crippen molar-refractivity contribution in [3.05, 3.63) is 0 Å². The van der Waals surface area contributed by atoms with Crippen LogP contribution in [0.4, 0.5) is 0 Å². The Morgan fingerprint density at radius 2 is 2.00 bits per heavy atom. The van der Waals surface area contributed by atoms with E-state index in [1.807, 2.05) is 20.8 Å². The third-order valence-electron chi connectivity index (χ3n) is 1.49. The highest BCUT2D eigenvalue weighted by Crippen LogP contribution is 1.98. The average Bonchev–Trinajstić information content (AvgIpc) is 2.05. The maximum Gasteiger partial charge on any atom is 0.306 e. The molecule has 0 aromatic rings. The highest BCUT2D eigenvalue weighted by Gasteiger charge is 2.07. The van der Waals surface area contributed by atoms with Crippen LogP contribution in [0.15, 0.2) is 0 Å². The lowest BCUT2D eigenvalue weighted by Gasteiger charge is -2.12. The molecule has 78 valence electrons. The van der Waals surface area contributed by atoms with Crippen LogP contribution < -0.4 is 0 Å². The third kappa shape index (κ3) is 7.78. The lowest BCUT2D eigenvalue weighted by Crippen LogP contribution is -2.20. The molecule has 0 heterocycles. The average molecular weight is 188 g/mol. The highest BCUT2D eigenvalue weighted by atomic mass is 16.6. The maximum atomic E-state index is 11.0. The fraction of sp³-hybridized carbons (Fsp3) is 0.900. The molecule has 0 radical (unpaired) electrons. The Bertz CT molecular complexity index is 134. The van der Waals surface area contributed by atoms with Crippen molar-refractivity contribution in [1.82, 2.24) is 0 Å². The van der Waals surface area contributed by atoms with Gasteiger partial charge in [0.25, 0.3) is 0 Å². The molecule has 0 saturated heterocycles. The van der Waals surface area contributed by atoms with Gasteiger partial charge in [0, 0.05) is 13.0 Å². The summed E-state index contributed by atoms with van der Waals surface area (Å²) in [4.78, 5) is 11.0. The van der Waals surface area contributed by atoms with Gasteiger partial charge in [-0.3, -0.25) is 4.79 Å². The molecular weight excluding hydrogens is 168 g/mol. The first-order valence-corrected chi connectivity index (χ1v) is 4.97. The SMILES string of the molecule is CCCOCC(C)OC(=O)CCC. The molecule has 0 aliphatic heterocycles. The van der Waals surface area contributed by atoms with Gasteiger partial charge in [0.1, 0.15) is 6.10 Å². The minimum atomic E-state index is -0.130. The fourth-order valence-corrected chi connectivity index (χ4v) is 0.915. The van der Waals surface area contributed by atoms with Crippen LogP contribution in [0, 0.1) is 0 Å². The molecule has 13 heavy (non-hydrogen) atoms. The highest BCUT2D eigenvalue weighted by molar-refractivity contribution is 5.69. The van der Waals surface area contributed by atoms with E-state index in [1.165, 1.54) is 0 Å². The van der Waals surface area contributed by atoms with Crippen molar-refractivity contribution in [2.24, 2.45) is 0 Å². The van der Waals surface area contributed by atoms with E-state index in [4.69, 9.17) is 9.47 Å². The lowest BCUT2D eigenvalue weighted by atomic mass is 10.3. The first-order valence-electron chi connectivity index (χ1n) is 4.97. The summed E-state index contributed by atoms with van der Waals surface area (Å²) in [5.41, 5.74) is 0. The van der Waals surface area contributed by atoms with E-state index in [0.717, 1.165) is 19.4 Å². The van der Waals surface area contributed by atoms with E-state index in [2.05, 4.69) is 0 Å². The van der Waals surface area contributed by atoms with Crippen LogP contribution in [0.25, 0.3) is 0 Å². The summed E-state index contributed by atoms with van der Waals surface area (Å²) in [6.45, 7) is 7.09. The number of hydrogen-bond acceptors (Lipinski definition) is 3. The third-order valence-corrected chi connectivity index (χ3v) is 1.49. The monoisotopic (exact) mass is 188 g/mol. The van der Waals surface area contributed by atoms with Gasteiger partial charge in [0.05, 0.1) is 6.61 Å². The molecule has 0 N–H and O–H groups in total. The van der Waals surface area contributed by atoms with Gasteiger partial charge in [-0.1, -0.05) is 13.8 Å². The molecule has 1 unspecified atom stereocenters.